The Bertz CT molecular complexity index is 1900. The Kier molecular flexibility index (Phi) is 9.97. The number of hydrogen-bond donors (Lipinski definition) is 1. The molecule has 0 unspecified atom stereocenters. The van der Waals surface area contributed by atoms with Crippen molar-refractivity contribution < 1.29 is 26.9 Å². The summed E-state index contributed by atoms with van der Waals surface area (Å²) in [5, 5.41) is 17.9. The number of benzene rings is 3. The number of aromatic nitrogens is 2. The molecule has 1 N–H and O–H groups in total. The molecule has 2 aliphatic rings. The molecule has 0 spiro atoms. The number of carbonyl (C=O) groups is 1. The van der Waals surface area contributed by atoms with Gasteiger partial charge in [-0.2, -0.15) is 5.10 Å². The Balaban J connectivity index is 0.000000185. The zero-order valence-electron chi connectivity index (χ0n) is 25.9. The second-order valence-corrected chi connectivity index (χ2v) is 14.0. The Morgan fingerprint density at radius 2 is 1.83 bits per heavy atom. The number of halogens is 3. The first-order chi connectivity index (χ1) is 22.3. The molecule has 14 heteroatoms. The minimum atomic E-state index is -3.90. The molecule has 3 aromatic carbocycles. The van der Waals surface area contributed by atoms with Gasteiger partial charge in [-0.25, -0.2) is 17.2 Å². The van der Waals surface area contributed by atoms with Crippen molar-refractivity contribution in [1.29, 1.82) is 0 Å². The van der Waals surface area contributed by atoms with Crippen LogP contribution in [0.4, 0.5) is 25.8 Å². The van der Waals surface area contributed by atoms with E-state index in [1.807, 2.05) is 31.2 Å². The number of nitrogens with zero attached hydrogens (tertiary/aromatic N) is 4. The van der Waals surface area contributed by atoms with Gasteiger partial charge in [-0.1, -0.05) is 47.5 Å². The van der Waals surface area contributed by atoms with Gasteiger partial charge in [0, 0.05) is 36.6 Å². The first kappa shape index (κ1) is 34.0. The molecule has 1 amide bonds. The summed E-state index contributed by atoms with van der Waals surface area (Å²) in [5.41, 5.74) is 1.85. The number of hydrogen-bond acceptors (Lipinski definition) is 6. The van der Waals surface area contributed by atoms with Gasteiger partial charge in [0.15, 0.2) is 0 Å². The Labute approximate surface area is 276 Å². The maximum Gasteiger partial charge on any atom is 0.295 e. The van der Waals surface area contributed by atoms with E-state index in [9.17, 15) is 32.1 Å². The highest BCUT2D eigenvalue weighted by Gasteiger charge is 2.48. The van der Waals surface area contributed by atoms with Gasteiger partial charge in [0.1, 0.15) is 11.4 Å². The van der Waals surface area contributed by atoms with Crippen LogP contribution in [-0.2, 0) is 17.1 Å². The summed E-state index contributed by atoms with van der Waals surface area (Å²) in [4.78, 5) is 23.1. The number of alkyl halides is 2. The van der Waals surface area contributed by atoms with Crippen LogP contribution in [0.3, 0.4) is 0 Å². The third-order valence-electron chi connectivity index (χ3n) is 8.28. The Morgan fingerprint density at radius 1 is 1.15 bits per heavy atom. The lowest BCUT2D eigenvalue weighted by atomic mass is 10.0. The van der Waals surface area contributed by atoms with Crippen molar-refractivity contribution in [2.75, 3.05) is 16.2 Å². The number of sulfonamides is 1. The number of nitrogens with one attached hydrogen (secondary N) is 1. The predicted molar refractivity (Wildman–Crippen MR) is 176 cm³/mol. The molecular weight excluding hydrogens is 652 g/mol. The van der Waals surface area contributed by atoms with Gasteiger partial charge >= 0.3 is 0 Å². The van der Waals surface area contributed by atoms with Crippen LogP contribution in [0.5, 0.6) is 0 Å². The van der Waals surface area contributed by atoms with E-state index in [2.05, 4.69) is 10.4 Å². The minimum Gasteiger partial charge on any atom is -0.322 e. The van der Waals surface area contributed by atoms with E-state index in [0.717, 1.165) is 45.4 Å². The topological polar surface area (TPSA) is 127 Å². The first-order valence-electron chi connectivity index (χ1n) is 15.1. The normalized spacial score (nSPS) is 17.1. The average Bonchev–Trinajstić information content (AvgIpc) is 3.95. The number of nitro benzene ring substituents is 1. The largest absolute Gasteiger partial charge is 0.322 e. The third kappa shape index (κ3) is 7.62. The van der Waals surface area contributed by atoms with E-state index in [0.29, 0.717) is 5.92 Å². The van der Waals surface area contributed by atoms with Crippen LogP contribution in [0, 0.1) is 28.9 Å². The summed E-state index contributed by atoms with van der Waals surface area (Å²) in [6.45, 7) is 3.51. The molecule has 2 atom stereocenters. The number of amides is 1. The number of rotatable bonds is 10. The predicted octanol–water partition coefficient (Wildman–Crippen LogP) is 7.90. The number of para-hydroxylation sites is 1. The molecule has 47 heavy (non-hydrogen) atoms. The SMILES string of the molecule is CCN(c1ccc(Cl)cc1[N+](=O)[O-])S(=O)(=O)c1ccc(C)cc1.Cn1cc(C(=O)Nc2ccccc2[C@@H]2C[C@H]2C2CC2)c(C(F)F)n1. The zero-order valence-corrected chi connectivity index (χ0v) is 27.5. The molecule has 0 bridgehead atoms. The molecule has 2 fully saturated rings. The number of nitro groups is 1. The highest BCUT2D eigenvalue weighted by molar-refractivity contribution is 7.92. The second-order valence-electron chi connectivity index (χ2n) is 11.7. The second kappa shape index (κ2) is 13.8. The summed E-state index contributed by atoms with van der Waals surface area (Å²) >= 11 is 5.79. The van der Waals surface area contributed by atoms with Gasteiger partial charge < -0.3 is 5.32 Å². The van der Waals surface area contributed by atoms with E-state index >= 15 is 0 Å². The quantitative estimate of drug-likeness (QED) is 0.134. The summed E-state index contributed by atoms with van der Waals surface area (Å²) < 4.78 is 54.0. The van der Waals surface area contributed by atoms with Gasteiger partial charge in [-0.05, 0) is 86.8 Å². The van der Waals surface area contributed by atoms with E-state index in [4.69, 9.17) is 11.6 Å². The number of anilines is 2. The molecule has 6 rings (SSSR count). The van der Waals surface area contributed by atoms with Crippen molar-refractivity contribution in [1.82, 2.24) is 9.78 Å². The number of carbonyl (C=O) groups excluding carboxylic acids is 1. The van der Waals surface area contributed by atoms with Crippen LogP contribution < -0.4 is 9.62 Å². The maximum atomic E-state index is 13.0. The van der Waals surface area contributed by atoms with Crippen molar-refractivity contribution in [3.63, 3.8) is 0 Å². The van der Waals surface area contributed by atoms with Crippen LogP contribution in [0.25, 0.3) is 0 Å². The molecule has 0 saturated heterocycles. The van der Waals surface area contributed by atoms with Crippen molar-refractivity contribution in [2.45, 2.75) is 50.3 Å². The maximum absolute atomic E-state index is 13.0. The molecule has 4 aromatic rings. The summed E-state index contributed by atoms with van der Waals surface area (Å²) in [7, 11) is -2.38. The van der Waals surface area contributed by atoms with E-state index in [-0.39, 0.29) is 33.4 Å². The fourth-order valence-corrected chi connectivity index (χ4v) is 7.40. The van der Waals surface area contributed by atoms with Crippen LogP contribution in [0.1, 0.15) is 65.7 Å². The molecule has 2 aliphatic carbocycles. The standard InChI is InChI=1S/C18H19F2N3O.C15H15ClN2O4S/c1-23-9-14(16(22-23)17(19)20)18(24)21-15-5-3-2-4-11(15)13-8-12(13)10-6-7-10;1-3-17(14-9-6-12(16)10-15(14)18(19)20)23(21,22)13-7-4-11(2)5-8-13/h2-5,9-10,12-13,17H,6-8H2,1H3,(H,21,24);4-10H,3H2,1-2H3/t12-,13-;/m0./s1. The fraction of sp³-hybridized carbons (Fsp3) is 0.333. The van der Waals surface area contributed by atoms with Gasteiger partial charge in [-0.3, -0.25) is 23.9 Å². The summed E-state index contributed by atoms with van der Waals surface area (Å²) in [6, 6.07) is 17.9. The zero-order chi connectivity index (χ0) is 34.0. The summed E-state index contributed by atoms with van der Waals surface area (Å²) in [6.07, 6.45) is 2.34. The first-order valence-corrected chi connectivity index (χ1v) is 16.9. The lowest BCUT2D eigenvalue weighted by Crippen LogP contribution is -2.31. The van der Waals surface area contributed by atoms with Crippen molar-refractivity contribution >= 4 is 44.6 Å². The molecule has 0 radical (unpaired) electrons. The monoisotopic (exact) mass is 685 g/mol. The van der Waals surface area contributed by atoms with Crippen LogP contribution >= 0.6 is 11.6 Å². The lowest BCUT2D eigenvalue weighted by Gasteiger charge is -2.22. The smallest absolute Gasteiger partial charge is 0.295 e. The number of aryl methyl sites for hydroxylation is 2. The van der Waals surface area contributed by atoms with Gasteiger partial charge in [-0.15, -0.1) is 0 Å². The van der Waals surface area contributed by atoms with Crippen LogP contribution in [0.15, 0.2) is 77.8 Å². The van der Waals surface area contributed by atoms with Crippen molar-refractivity contribution in [2.24, 2.45) is 18.9 Å². The van der Waals surface area contributed by atoms with Gasteiger partial charge in [0.2, 0.25) is 0 Å². The molecule has 1 aromatic heterocycles. The molecule has 248 valence electrons. The van der Waals surface area contributed by atoms with E-state index in [1.165, 1.54) is 55.0 Å². The Morgan fingerprint density at radius 3 is 2.45 bits per heavy atom. The summed E-state index contributed by atoms with van der Waals surface area (Å²) in [5.74, 6) is 1.51. The molecular formula is C33H34ClF2N5O5S. The average molecular weight is 686 g/mol. The molecule has 2 saturated carbocycles. The fourth-order valence-electron chi connectivity index (χ4n) is 5.74. The van der Waals surface area contributed by atoms with Crippen molar-refractivity contribution in [3.05, 3.63) is 110 Å². The lowest BCUT2D eigenvalue weighted by molar-refractivity contribution is -0.384. The van der Waals surface area contributed by atoms with Crippen LogP contribution in [-0.4, -0.2) is 35.6 Å². The highest BCUT2D eigenvalue weighted by atomic mass is 35.5. The van der Waals surface area contributed by atoms with Crippen LogP contribution in [0.2, 0.25) is 5.02 Å². The third-order valence-corrected chi connectivity index (χ3v) is 10.4. The van der Waals surface area contributed by atoms with Gasteiger partial charge in [0.05, 0.1) is 15.4 Å². The van der Waals surface area contributed by atoms with Gasteiger partial charge in [0.25, 0.3) is 28.0 Å². The molecule has 10 nitrogen and oxygen atoms in total. The van der Waals surface area contributed by atoms with E-state index < -0.39 is 33.0 Å². The molecule has 1 heterocycles. The highest BCUT2D eigenvalue weighted by Crippen LogP contribution is 2.60. The minimum absolute atomic E-state index is 0.0116. The van der Waals surface area contributed by atoms with E-state index in [1.54, 1.807) is 19.1 Å². The molecule has 0 aliphatic heterocycles. The van der Waals surface area contributed by atoms with Crippen molar-refractivity contribution in [3.8, 4) is 0 Å². The Hall–Kier alpha value is -4.36.